The minimum absolute atomic E-state index is 0.575. The summed E-state index contributed by atoms with van der Waals surface area (Å²) in [7, 11) is 2.02. The minimum atomic E-state index is 0.575. The maximum atomic E-state index is 6.14. The maximum absolute atomic E-state index is 6.14. The number of hydrogen-bond donors (Lipinski definition) is 1. The molecular formula is C12H17Cl2N3. The lowest BCUT2D eigenvalue weighted by atomic mass is 9.99. The van der Waals surface area contributed by atoms with Crippen molar-refractivity contribution in [2.45, 2.75) is 12.8 Å². The molecule has 1 aliphatic rings. The van der Waals surface area contributed by atoms with Crippen LogP contribution < -0.4 is 10.2 Å². The van der Waals surface area contributed by atoms with Crippen LogP contribution in [0.5, 0.6) is 0 Å². The molecule has 3 nitrogen and oxygen atoms in total. The molecule has 1 fully saturated rings. The van der Waals surface area contributed by atoms with Gasteiger partial charge in [0.1, 0.15) is 5.82 Å². The van der Waals surface area contributed by atoms with Crippen LogP contribution in [0.1, 0.15) is 12.8 Å². The molecular weight excluding hydrogens is 257 g/mol. The number of rotatable bonds is 3. The van der Waals surface area contributed by atoms with Crippen molar-refractivity contribution in [1.82, 2.24) is 10.3 Å². The topological polar surface area (TPSA) is 28.2 Å². The highest BCUT2D eigenvalue weighted by molar-refractivity contribution is 6.35. The monoisotopic (exact) mass is 273 g/mol. The summed E-state index contributed by atoms with van der Waals surface area (Å²) in [5.74, 6) is 1.48. The van der Waals surface area contributed by atoms with Crippen molar-refractivity contribution in [3.8, 4) is 0 Å². The molecule has 0 radical (unpaired) electrons. The van der Waals surface area contributed by atoms with Crippen molar-refractivity contribution in [2.75, 3.05) is 31.6 Å². The first-order chi connectivity index (χ1) is 8.16. The highest BCUT2D eigenvalue weighted by Gasteiger charge is 2.17. The Balaban J connectivity index is 2.00. The van der Waals surface area contributed by atoms with Gasteiger partial charge in [-0.3, -0.25) is 0 Å². The van der Waals surface area contributed by atoms with Crippen molar-refractivity contribution in [1.29, 1.82) is 0 Å². The minimum Gasteiger partial charge on any atom is -0.358 e. The van der Waals surface area contributed by atoms with Crippen LogP contribution in [0, 0.1) is 5.92 Å². The molecule has 0 saturated carbocycles. The maximum Gasteiger partial charge on any atom is 0.147 e. The summed E-state index contributed by atoms with van der Waals surface area (Å²) in [6, 6.07) is 1.74. The Morgan fingerprint density at radius 2 is 2.35 bits per heavy atom. The molecule has 0 bridgehead atoms. The molecule has 1 saturated heterocycles. The van der Waals surface area contributed by atoms with Crippen molar-refractivity contribution in [3.63, 3.8) is 0 Å². The number of piperidine rings is 1. The van der Waals surface area contributed by atoms with E-state index in [1.807, 2.05) is 7.05 Å². The highest BCUT2D eigenvalue weighted by Crippen LogP contribution is 2.26. The Hall–Kier alpha value is -0.510. The van der Waals surface area contributed by atoms with Crippen LogP contribution in [0.15, 0.2) is 12.3 Å². The molecule has 17 heavy (non-hydrogen) atoms. The summed E-state index contributed by atoms with van der Waals surface area (Å²) in [6.07, 6.45) is 4.15. The van der Waals surface area contributed by atoms with E-state index in [-0.39, 0.29) is 0 Å². The van der Waals surface area contributed by atoms with Crippen LogP contribution in [-0.2, 0) is 0 Å². The van der Waals surface area contributed by atoms with E-state index < -0.39 is 0 Å². The molecule has 2 heterocycles. The van der Waals surface area contributed by atoms with Gasteiger partial charge in [-0.2, -0.15) is 0 Å². The SMILES string of the molecule is CN(CC1CCCNC1)c1ncc(Cl)cc1Cl. The van der Waals surface area contributed by atoms with E-state index in [9.17, 15) is 0 Å². The third kappa shape index (κ3) is 3.47. The first kappa shape index (κ1) is 12.9. The van der Waals surface area contributed by atoms with Crippen LogP contribution in [0.4, 0.5) is 5.82 Å². The second-order valence-electron chi connectivity index (χ2n) is 4.55. The van der Waals surface area contributed by atoms with Gasteiger partial charge in [0.15, 0.2) is 0 Å². The van der Waals surface area contributed by atoms with Gasteiger partial charge in [-0.25, -0.2) is 4.98 Å². The Bertz CT molecular complexity index is 378. The summed E-state index contributed by atoms with van der Waals surface area (Å²) >= 11 is 12.0. The second-order valence-corrected chi connectivity index (χ2v) is 5.40. The smallest absolute Gasteiger partial charge is 0.147 e. The lowest BCUT2D eigenvalue weighted by Gasteiger charge is -2.28. The zero-order valence-corrected chi connectivity index (χ0v) is 11.4. The van der Waals surface area contributed by atoms with E-state index in [0.29, 0.717) is 16.0 Å². The van der Waals surface area contributed by atoms with E-state index >= 15 is 0 Å². The number of halogens is 2. The first-order valence-corrected chi connectivity index (χ1v) is 6.65. The molecule has 0 amide bonds. The Kier molecular flexibility index (Phi) is 4.48. The van der Waals surface area contributed by atoms with Crippen molar-refractivity contribution < 1.29 is 0 Å². The van der Waals surface area contributed by atoms with Crippen molar-refractivity contribution in [3.05, 3.63) is 22.3 Å². The predicted molar refractivity (Wildman–Crippen MR) is 73.1 cm³/mol. The number of anilines is 1. The van der Waals surface area contributed by atoms with E-state index in [1.54, 1.807) is 12.3 Å². The number of aromatic nitrogens is 1. The largest absolute Gasteiger partial charge is 0.358 e. The van der Waals surface area contributed by atoms with Gasteiger partial charge in [-0.15, -0.1) is 0 Å². The third-order valence-electron chi connectivity index (χ3n) is 3.08. The van der Waals surface area contributed by atoms with Gasteiger partial charge in [0, 0.05) is 19.8 Å². The van der Waals surface area contributed by atoms with E-state index in [2.05, 4.69) is 15.2 Å². The Morgan fingerprint density at radius 1 is 1.53 bits per heavy atom. The molecule has 1 N–H and O–H groups in total. The lowest BCUT2D eigenvalue weighted by molar-refractivity contribution is 0.380. The Labute approximate surface area is 112 Å². The molecule has 1 aromatic rings. The van der Waals surface area contributed by atoms with E-state index in [0.717, 1.165) is 25.5 Å². The van der Waals surface area contributed by atoms with Gasteiger partial charge in [0.25, 0.3) is 0 Å². The number of hydrogen-bond acceptors (Lipinski definition) is 3. The van der Waals surface area contributed by atoms with E-state index in [1.165, 1.54) is 12.8 Å². The lowest BCUT2D eigenvalue weighted by Crippen LogP contribution is -2.37. The summed E-state index contributed by atoms with van der Waals surface area (Å²) in [5, 5.41) is 4.60. The summed E-state index contributed by atoms with van der Waals surface area (Å²) in [5.41, 5.74) is 0. The molecule has 2 rings (SSSR count). The number of nitrogens with one attached hydrogen (secondary N) is 1. The quantitative estimate of drug-likeness (QED) is 0.918. The second kappa shape index (κ2) is 5.89. The molecule has 0 aliphatic carbocycles. The van der Waals surface area contributed by atoms with Gasteiger partial charge in [-0.05, 0) is 37.9 Å². The zero-order valence-electron chi connectivity index (χ0n) is 9.92. The number of nitrogens with zero attached hydrogens (tertiary/aromatic N) is 2. The van der Waals surface area contributed by atoms with Gasteiger partial charge in [0.2, 0.25) is 0 Å². The number of pyridine rings is 1. The van der Waals surface area contributed by atoms with Crippen LogP contribution in [0.25, 0.3) is 0 Å². The average molecular weight is 274 g/mol. The van der Waals surface area contributed by atoms with Gasteiger partial charge < -0.3 is 10.2 Å². The molecule has 0 spiro atoms. The van der Waals surface area contributed by atoms with Crippen molar-refractivity contribution >= 4 is 29.0 Å². The summed E-state index contributed by atoms with van der Waals surface area (Å²) < 4.78 is 0. The molecule has 94 valence electrons. The van der Waals surface area contributed by atoms with Crippen LogP contribution in [-0.4, -0.2) is 31.7 Å². The zero-order chi connectivity index (χ0) is 12.3. The predicted octanol–water partition coefficient (Wildman–Crippen LogP) is 2.82. The van der Waals surface area contributed by atoms with Crippen molar-refractivity contribution in [2.24, 2.45) is 5.92 Å². The van der Waals surface area contributed by atoms with Crippen LogP contribution >= 0.6 is 23.2 Å². The van der Waals surface area contributed by atoms with E-state index in [4.69, 9.17) is 23.2 Å². The van der Waals surface area contributed by atoms with Gasteiger partial charge >= 0.3 is 0 Å². The molecule has 1 aromatic heterocycles. The van der Waals surface area contributed by atoms with Crippen LogP contribution in [0.2, 0.25) is 10.0 Å². The molecule has 1 unspecified atom stereocenters. The molecule has 0 aromatic carbocycles. The normalized spacial score (nSPS) is 20.3. The van der Waals surface area contributed by atoms with Crippen LogP contribution in [0.3, 0.4) is 0 Å². The molecule has 1 atom stereocenters. The fraction of sp³-hybridized carbons (Fsp3) is 0.583. The standard InChI is InChI=1S/C12H17Cl2N3/c1-17(8-9-3-2-4-15-6-9)12-11(14)5-10(13)7-16-12/h5,7,9,15H,2-4,6,8H2,1H3. The fourth-order valence-electron chi connectivity index (χ4n) is 2.24. The highest BCUT2D eigenvalue weighted by atomic mass is 35.5. The average Bonchev–Trinajstić information content (AvgIpc) is 2.30. The summed E-state index contributed by atoms with van der Waals surface area (Å²) in [6.45, 7) is 3.19. The molecule has 5 heteroatoms. The van der Waals surface area contributed by atoms with Gasteiger partial charge in [0.05, 0.1) is 10.0 Å². The molecule has 1 aliphatic heterocycles. The Morgan fingerprint density at radius 3 is 3.00 bits per heavy atom. The third-order valence-corrected chi connectivity index (χ3v) is 3.57. The summed E-state index contributed by atoms with van der Waals surface area (Å²) in [4.78, 5) is 6.39. The fourth-order valence-corrected chi connectivity index (χ4v) is 2.77. The first-order valence-electron chi connectivity index (χ1n) is 5.89. The van der Waals surface area contributed by atoms with Gasteiger partial charge in [-0.1, -0.05) is 23.2 Å².